The zero-order valence-electron chi connectivity index (χ0n) is 23.2. The maximum absolute atomic E-state index is 13.3. The number of urea groups is 1. The van der Waals surface area contributed by atoms with E-state index >= 15 is 0 Å². The molecule has 1 fully saturated rings. The van der Waals surface area contributed by atoms with Crippen LogP contribution >= 0.6 is 23.5 Å². The summed E-state index contributed by atoms with van der Waals surface area (Å²) in [6.07, 6.45) is 0. The van der Waals surface area contributed by atoms with Crippen molar-refractivity contribution in [1.82, 2.24) is 14.7 Å². The first kappa shape index (κ1) is 27.8. The highest BCUT2D eigenvalue weighted by molar-refractivity contribution is 7.99. The number of benzene rings is 3. The van der Waals surface area contributed by atoms with E-state index in [0.29, 0.717) is 5.82 Å². The van der Waals surface area contributed by atoms with Crippen molar-refractivity contribution in [2.75, 3.05) is 47.5 Å². The van der Waals surface area contributed by atoms with E-state index in [4.69, 9.17) is 5.10 Å². The Morgan fingerprint density at radius 3 is 2.41 bits per heavy atom. The second kappa shape index (κ2) is 12.2. The van der Waals surface area contributed by atoms with Gasteiger partial charge in [-0.15, -0.1) is 11.8 Å². The van der Waals surface area contributed by atoms with Gasteiger partial charge in [0.05, 0.1) is 11.4 Å². The highest BCUT2D eigenvalue weighted by Gasteiger charge is 2.23. The summed E-state index contributed by atoms with van der Waals surface area (Å²) in [5.41, 5.74) is 2.91. The average molecular weight is 576 g/mol. The molecule has 0 aliphatic carbocycles. The third-order valence-electron chi connectivity index (χ3n) is 6.90. The van der Waals surface area contributed by atoms with Crippen molar-refractivity contribution in [1.29, 1.82) is 0 Å². The molecule has 5 rings (SSSR count). The molecule has 1 aliphatic heterocycles. The van der Waals surface area contributed by atoms with Crippen molar-refractivity contribution in [2.45, 2.75) is 31.5 Å². The first-order valence-corrected chi connectivity index (χ1v) is 19.1. The number of thioether (sulfide) groups is 2. The first-order valence-electron chi connectivity index (χ1n) is 13.5. The monoisotopic (exact) mass is 575 g/mol. The van der Waals surface area contributed by atoms with Gasteiger partial charge in [0.15, 0.2) is 0 Å². The number of carbonyl (C=O) groups excluding carboxylic acids is 1. The predicted molar refractivity (Wildman–Crippen MR) is 172 cm³/mol. The molecule has 1 saturated heterocycles. The van der Waals surface area contributed by atoms with Crippen LogP contribution in [-0.4, -0.2) is 65.7 Å². The molecule has 2 heterocycles. The van der Waals surface area contributed by atoms with Crippen molar-refractivity contribution in [3.63, 3.8) is 0 Å². The summed E-state index contributed by atoms with van der Waals surface area (Å²) in [6, 6.07) is 22.4. The molecule has 0 spiro atoms. The lowest BCUT2D eigenvalue weighted by atomic mass is 10.1. The number of amides is 2. The van der Waals surface area contributed by atoms with Crippen LogP contribution in [-0.2, 0) is 0 Å². The van der Waals surface area contributed by atoms with E-state index in [1.54, 1.807) is 0 Å². The first-order chi connectivity index (χ1) is 18.8. The SMILES string of the molecule is Cc1ccc(-n2nc([Si](C)(C)C)cc2NC(=O)Nc2ccc(SCCN3CCSCC3)c3ccccc23)cc1. The summed E-state index contributed by atoms with van der Waals surface area (Å²) in [7, 11) is -1.69. The Kier molecular flexibility index (Phi) is 8.71. The van der Waals surface area contributed by atoms with Crippen LogP contribution in [0.2, 0.25) is 19.6 Å². The van der Waals surface area contributed by atoms with Crippen molar-refractivity contribution in [2.24, 2.45) is 0 Å². The van der Waals surface area contributed by atoms with Gasteiger partial charge < -0.3 is 10.2 Å². The fraction of sp³-hybridized carbons (Fsp3) is 0.333. The molecule has 2 N–H and O–H groups in total. The molecular weight excluding hydrogens is 539 g/mol. The maximum atomic E-state index is 13.3. The van der Waals surface area contributed by atoms with E-state index in [2.05, 4.69) is 78.5 Å². The second-order valence-electron chi connectivity index (χ2n) is 11.0. The molecule has 39 heavy (non-hydrogen) atoms. The molecule has 0 atom stereocenters. The number of rotatable bonds is 8. The summed E-state index contributed by atoms with van der Waals surface area (Å²) >= 11 is 3.94. The third-order valence-corrected chi connectivity index (χ3v) is 10.7. The molecule has 2 amide bonds. The Labute approximate surface area is 240 Å². The fourth-order valence-corrected chi connectivity index (χ4v) is 7.62. The minimum absolute atomic E-state index is 0.279. The standard InChI is InChI=1S/C30H37N5OS2Si/c1-22-9-11-23(12-10-22)35-28(21-29(33-35)39(2,3)4)32-30(36)31-26-13-14-27(25-8-6-5-7-24(25)26)38-20-17-34-15-18-37-19-16-34/h5-14,21H,15-20H2,1-4H3,(H2,31,32,36). The highest BCUT2D eigenvalue weighted by Crippen LogP contribution is 2.33. The average Bonchev–Trinajstić information content (AvgIpc) is 3.35. The molecule has 1 aliphatic rings. The molecular formula is C30H37N5OS2Si. The van der Waals surface area contributed by atoms with E-state index in [9.17, 15) is 4.79 Å². The lowest BCUT2D eigenvalue weighted by Crippen LogP contribution is -2.39. The minimum Gasteiger partial charge on any atom is -0.307 e. The summed E-state index contributed by atoms with van der Waals surface area (Å²) in [5, 5.41) is 14.3. The van der Waals surface area contributed by atoms with E-state index < -0.39 is 8.07 Å². The van der Waals surface area contributed by atoms with Gasteiger partial charge in [-0.25, -0.2) is 9.48 Å². The van der Waals surface area contributed by atoms with Crippen LogP contribution in [0.4, 0.5) is 16.3 Å². The summed E-state index contributed by atoms with van der Waals surface area (Å²) in [6.45, 7) is 12.3. The van der Waals surface area contributed by atoms with Gasteiger partial charge in [-0.3, -0.25) is 5.32 Å². The van der Waals surface area contributed by atoms with Crippen LogP contribution in [0.1, 0.15) is 5.56 Å². The van der Waals surface area contributed by atoms with Crippen molar-refractivity contribution < 1.29 is 4.79 Å². The molecule has 6 nitrogen and oxygen atoms in total. The van der Waals surface area contributed by atoms with Crippen LogP contribution in [0, 0.1) is 6.92 Å². The molecule has 0 saturated carbocycles. The van der Waals surface area contributed by atoms with Gasteiger partial charge in [0.2, 0.25) is 0 Å². The van der Waals surface area contributed by atoms with Crippen molar-refractivity contribution in [3.05, 3.63) is 72.3 Å². The number of nitrogens with zero attached hydrogens (tertiary/aromatic N) is 3. The number of hydrogen-bond donors (Lipinski definition) is 2. The summed E-state index contributed by atoms with van der Waals surface area (Å²) < 4.78 is 1.84. The lowest BCUT2D eigenvalue weighted by molar-refractivity contribution is 0.262. The van der Waals surface area contributed by atoms with Gasteiger partial charge >= 0.3 is 6.03 Å². The quantitative estimate of drug-likeness (QED) is 0.182. The normalized spacial score (nSPS) is 14.5. The molecule has 0 radical (unpaired) electrons. The molecule has 0 unspecified atom stereocenters. The van der Waals surface area contributed by atoms with Gasteiger partial charge in [0.1, 0.15) is 13.9 Å². The Morgan fingerprint density at radius 2 is 1.69 bits per heavy atom. The van der Waals surface area contributed by atoms with Crippen molar-refractivity contribution in [3.8, 4) is 5.69 Å². The Balaban J connectivity index is 1.33. The zero-order valence-corrected chi connectivity index (χ0v) is 25.8. The number of aryl methyl sites for hydroxylation is 1. The van der Waals surface area contributed by atoms with Crippen LogP contribution in [0.3, 0.4) is 0 Å². The Bertz CT molecular complexity index is 1440. The Hall–Kier alpha value is -2.72. The van der Waals surface area contributed by atoms with Crippen LogP contribution < -0.4 is 16.0 Å². The van der Waals surface area contributed by atoms with E-state index in [-0.39, 0.29) is 6.03 Å². The van der Waals surface area contributed by atoms with Crippen LogP contribution in [0.15, 0.2) is 71.6 Å². The van der Waals surface area contributed by atoms with E-state index in [0.717, 1.165) is 34.4 Å². The summed E-state index contributed by atoms with van der Waals surface area (Å²) in [5.74, 6) is 4.20. The molecule has 0 bridgehead atoms. The number of nitrogens with one attached hydrogen (secondary N) is 2. The maximum Gasteiger partial charge on any atom is 0.324 e. The van der Waals surface area contributed by atoms with E-state index in [1.165, 1.54) is 40.4 Å². The smallest absolute Gasteiger partial charge is 0.307 e. The molecule has 204 valence electrons. The number of carbonyl (C=O) groups is 1. The third kappa shape index (κ3) is 6.89. The van der Waals surface area contributed by atoms with Crippen LogP contribution in [0.25, 0.3) is 16.5 Å². The van der Waals surface area contributed by atoms with Crippen molar-refractivity contribution >= 4 is 65.2 Å². The number of aromatic nitrogens is 2. The molecule has 1 aromatic heterocycles. The fourth-order valence-electron chi connectivity index (χ4n) is 4.61. The largest absolute Gasteiger partial charge is 0.324 e. The predicted octanol–water partition coefficient (Wildman–Crippen LogP) is 6.66. The van der Waals surface area contributed by atoms with Gasteiger partial charge in [-0.1, -0.05) is 61.6 Å². The minimum atomic E-state index is -1.69. The van der Waals surface area contributed by atoms with Gasteiger partial charge in [0, 0.05) is 52.5 Å². The van der Waals surface area contributed by atoms with Gasteiger partial charge in [0.25, 0.3) is 0 Å². The lowest BCUT2D eigenvalue weighted by Gasteiger charge is -2.25. The topological polar surface area (TPSA) is 62.2 Å². The molecule has 4 aromatic rings. The summed E-state index contributed by atoms with van der Waals surface area (Å²) in [4.78, 5) is 17.1. The number of anilines is 2. The second-order valence-corrected chi connectivity index (χ2v) is 18.3. The van der Waals surface area contributed by atoms with Crippen LogP contribution in [0.5, 0.6) is 0 Å². The zero-order chi connectivity index (χ0) is 27.4. The van der Waals surface area contributed by atoms with Gasteiger partial charge in [-0.05, 0) is 42.6 Å². The van der Waals surface area contributed by atoms with Gasteiger partial charge in [-0.2, -0.15) is 16.9 Å². The molecule has 9 heteroatoms. The number of fused-ring (bicyclic) bond motifs is 1. The molecule has 3 aromatic carbocycles. The Morgan fingerprint density at radius 1 is 0.974 bits per heavy atom. The highest BCUT2D eigenvalue weighted by atomic mass is 32.2. The number of hydrogen-bond acceptors (Lipinski definition) is 5. The van der Waals surface area contributed by atoms with E-state index in [1.807, 2.05) is 58.5 Å².